The fourth-order valence-electron chi connectivity index (χ4n) is 2.92. The molecule has 6 heteroatoms. The van der Waals surface area contributed by atoms with Crippen LogP contribution in [0.3, 0.4) is 0 Å². The van der Waals surface area contributed by atoms with Gasteiger partial charge in [-0.1, -0.05) is 24.6 Å². The molecule has 0 spiro atoms. The zero-order chi connectivity index (χ0) is 17.5. The molecule has 1 heterocycles. The van der Waals surface area contributed by atoms with Crippen LogP contribution in [0.4, 0.5) is 0 Å². The van der Waals surface area contributed by atoms with Crippen molar-refractivity contribution in [3.63, 3.8) is 0 Å². The highest BCUT2D eigenvalue weighted by atomic mass is 32.2. The predicted octanol–water partition coefficient (Wildman–Crippen LogP) is 3.69. The van der Waals surface area contributed by atoms with Crippen LogP contribution >= 0.6 is 11.8 Å². The van der Waals surface area contributed by atoms with Crippen LogP contribution in [0.15, 0.2) is 41.4 Å². The van der Waals surface area contributed by atoms with Crippen LogP contribution in [0.5, 0.6) is 5.75 Å². The lowest BCUT2D eigenvalue weighted by Gasteiger charge is -2.11. The summed E-state index contributed by atoms with van der Waals surface area (Å²) in [7, 11) is 0. The summed E-state index contributed by atoms with van der Waals surface area (Å²) in [6.45, 7) is 2.61. The minimum absolute atomic E-state index is 0.0780. The van der Waals surface area contributed by atoms with Gasteiger partial charge in [0, 0.05) is 11.6 Å². The van der Waals surface area contributed by atoms with Gasteiger partial charge in [-0.2, -0.15) is 0 Å². The van der Waals surface area contributed by atoms with E-state index in [1.807, 2.05) is 43.3 Å². The first-order chi connectivity index (χ1) is 12.2. The first kappa shape index (κ1) is 17.7. The summed E-state index contributed by atoms with van der Waals surface area (Å²) in [5.74, 6) is 1.31. The lowest BCUT2D eigenvalue weighted by molar-refractivity contribution is -0.119. The van der Waals surface area contributed by atoms with Crippen molar-refractivity contribution in [2.24, 2.45) is 0 Å². The van der Waals surface area contributed by atoms with Crippen molar-refractivity contribution >= 4 is 17.7 Å². The molecule has 0 saturated heterocycles. The van der Waals surface area contributed by atoms with Gasteiger partial charge in [0.15, 0.2) is 0 Å². The van der Waals surface area contributed by atoms with E-state index in [0.717, 1.165) is 34.9 Å². The molecule has 1 aromatic heterocycles. The van der Waals surface area contributed by atoms with Crippen molar-refractivity contribution in [3.05, 3.63) is 36.4 Å². The number of ether oxygens (including phenoxy) is 1. The van der Waals surface area contributed by atoms with Crippen LogP contribution in [-0.2, 0) is 4.79 Å². The van der Waals surface area contributed by atoms with Gasteiger partial charge in [-0.15, -0.1) is 10.2 Å². The van der Waals surface area contributed by atoms with Gasteiger partial charge in [0.05, 0.1) is 18.1 Å². The largest absolute Gasteiger partial charge is 0.494 e. The van der Waals surface area contributed by atoms with E-state index in [1.54, 1.807) is 0 Å². The van der Waals surface area contributed by atoms with Crippen molar-refractivity contribution in [1.29, 1.82) is 0 Å². The van der Waals surface area contributed by atoms with Gasteiger partial charge in [-0.05, 0) is 56.2 Å². The Morgan fingerprint density at radius 3 is 2.56 bits per heavy atom. The first-order valence-electron chi connectivity index (χ1n) is 8.73. The van der Waals surface area contributed by atoms with E-state index in [1.165, 1.54) is 24.6 Å². The Labute approximate surface area is 152 Å². The molecule has 1 aliphatic rings. The molecule has 0 unspecified atom stereocenters. The topological polar surface area (TPSA) is 64.1 Å². The quantitative estimate of drug-likeness (QED) is 0.766. The van der Waals surface area contributed by atoms with Crippen molar-refractivity contribution in [1.82, 2.24) is 15.5 Å². The van der Waals surface area contributed by atoms with Gasteiger partial charge >= 0.3 is 0 Å². The fourth-order valence-corrected chi connectivity index (χ4v) is 3.54. The van der Waals surface area contributed by atoms with Crippen molar-refractivity contribution in [2.45, 2.75) is 43.7 Å². The summed E-state index contributed by atoms with van der Waals surface area (Å²) in [6.07, 6.45) is 4.65. The molecule has 0 bridgehead atoms. The van der Waals surface area contributed by atoms with Gasteiger partial charge in [-0.3, -0.25) is 4.79 Å². The van der Waals surface area contributed by atoms with E-state index in [4.69, 9.17) is 4.74 Å². The molecule has 1 aromatic carbocycles. The number of nitrogens with one attached hydrogen (secondary N) is 1. The normalized spacial score (nSPS) is 14.4. The standard InChI is InChI=1S/C19H23N3O2S/c1-2-24-16-9-7-14(8-10-16)17-11-12-19(22-21-17)25-13-18(23)20-15-5-3-4-6-15/h7-12,15H,2-6,13H2,1H3,(H,20,23). The van der Waals surface area contributed by atoms with Crippen LogP contribution in [0.25, 0.3) is 11.3 Å². The molecule has 0 atom stereocenters. The molecule has 0 aliphatic heterocycles. The zero-order valence-corrected chi connectivity index (χ0v) is 15.2. The Kier molecular flexibility index (Phi) is 6.28. The van der Waals surface area contributed by atoms with Crippen LogP contribution in [0.2, 0.25) is 0 Å². The third-order valence-corrected chi connectivity index (χ3v) is 5.09. The third-order valence-electron chi connectivity index (χ3n) is 4.17. The van der Waals surface area contributed by atoms with Crippen LogP contribution in [0.1, 0.15) is 32.6 Å². The predicted molar refractivity (Wildman–Crippen MR) is 99.8 cm³/mol. The highest BCUT2D eigenvalue weighted by molar-refractivity contribution is 7.99. The van der Waals surface area contributed by atoms with Crippen LogP contribution in [0, 0.1) is 0 Å². The van der Waals surface area contributed by atoms with E-state index in [-0.39, 0.29) is 5.91 Å². The average molecular weight is 357 g/mol. The molecule has 1 amide bonds. The molecule has 1 saturated carbocycles. The van der Waals surface area contributed by atoms with E-state index in [2.05, 4.69) is 15.5 Å². The van der Waals surface area contributed by atoms with Crippen molar-refractivity contribution in [3.8, 4) is 17.0 Å². The molecule has 0 radical (unpaired) electrons. The van der Waals surface area contributed by atoms with Crippen molar-refractivity contribution in [2.75, 3.05) is 12.4 Å². The molecule has 5 nitrogen and oxygen atoms in total. The lowest BCUT2D eigenvalue weighted by Crippen LogP contribution is -2.33. The second kappa shape index (κ2) is 8.85. The smallest absolute Gasteiger partial charge is 0.230 e. The van der Waals surface area contributed by atoms with Crippen molar-refractivity contribution < 1.29 is 9.53 Å². The average Bonchev–Trinajstić information content (AvgIpc) is 3.14. The Balaban J connectivity index is 1.52. The maximum absolute atomic E-state index is 12.0. The second-order valence-corrected chi connectivity index (χ2v) is 7.05. The number of benzene rings is 1. The van der Waals surface area contributed by atoms with E-state index in [0.29, 0.717) is 18.4 Å². The van der Waals surface area contributed by atoms with E-state index in [9.17, 15) is 4.79 Å². The number of carbonyl (C=O) groups excluding carboxylic acids is 1. The minimum atomic E-state index is 0.0780. The van der Waals surface area contributed by atoms with Gasteiger partial charge in [0.2, 0.25) is 5.91 Å². The number of rotatable bonds is 7. The highest BCUT2D eigenvalue weighted by Crippen LogP contribution is 2.22. The number of thioether (sulfide) groups is 1. The molecule has 25 heavy (non-hydrogen) atoms. The Morgan fingerprint density at radius 2 is 1.92 bits per heavy atom. The molecule has 1 aliphatic carbocycles. The first-order valence-corrected chi connectivity index (χ1v) is 9.72. The van der Waals surface area contributed by atoms with Gasteiger partial charge in [0.25, 0.3) is 0 Å². The number of nitrogens with zero attached hydrogens (tertiary/aromatic N) is 2. The SMILES string of the molecule is CCOc1ccc(-c2ccc(SCC(=O)NC3CCCC3)nn2)cc1. The maximum atomic E-state index is 12.0. The molecule has 1 N–H and O–H groups in total. The number of amides is 1. The Hall–Kier alpha value is -2.08. The summed E-state index contributed by atoms with van der Waals surface area (Å²) in [4.78, 5) is 12.0. The molecule has 2 aromatic rings. The summed E-state index contributed by atoms with van der Waals surface area (Å²) in [6, 6.07) is 12.0. The highest BCUT2D eigenvalue weighted by Gasteiger charge is 2.17. The molecule has 1 fully saturated rings. The fraction of sp³-hybridized carbons (Fsp3) is 0.421. The molecule has 132 valence electrons. The summed E-state index contributed by atoms with van der Waals surface area (Å²) in [5.41, 5.74) is 1.80. The number of aromatic nitrogens is 2. The zero-order valence-electron chi connectivity index (χ0n) is 14.4. The van der Waals surface area contributed by atoms with Gasteiger partial charge in [0.1, 0.15) is 10.8 Å². The lowest BCUT2D eigenvalue weighted by atomic mass is 10.1. The van der Waals surface area contributed by atoms with Crippen LogP contribution in [-0.4, -0.2) is 34.5 Å². The van der Waals surface area contributed by atoms with Crippen LogP contribution < -0.4 is 10.1 Å². The summed E-state index contributed by atoms with van der Waals surface area (Å²) < 4.78 is 5.44. The second-order valence-electron chi connectivity index (χ2n) is 6.05. The monoisotopic (exact) mass is 357 g/mol. The molecule has 3 rings (SSSR count). The Morgan fingerprint density at radius 1 is 1.16 bits per heavy atom. The maximum Gasteiger partial charge on any atom is 0.230 e. The number of hydrogen-bond donors (Lipinski definition) is 1. The number of carbonyl (C=O) groups is 1. The summed E-state index contributed by atoms with van der Waals surface area (Å²) >= 11 is 1.42. The summed E-state index contributed by atoms with van der Waals surface area (Å²) in [5, 5.41) is 12.3. The molecular formula is C19H23N3O2S. The third kappa shape index (κ3) is 5.19. The Bertz CT molecular complexity index is 683. The number of hydrogen-bond acceptors (Lipinski definition) is 5. The van der Waals surface area contributed by atoms with Gasteiger partial charge < -0.3 is 10.1 Å². The minimum Gasteiger partial charge on any atom is -0.494 e. The van der Waals surface area contributed by atoms with E-state index >= 15 is 0 Å². The molecular weight excluding hydrogens is 334 g/mol. The van der Waals surface area contributed by atoms with E-state index < -0.39 is 0 Å². The van der Waals surface area contributed by atoms with Gasteiger partial charge in [-0.25, -0.2) is 0 Å².